The highest BCUT2D eigenvalue weighted by Crippen LogP contribution is 2.39. The number of nitro benzene ring substituents is 1. The van der Waals surface area contributed by atoms with E-state index in [0.29, 0.717) is 37.6 Å². The van der Waals surface area contributed by atoms with Crippen molar-refractivity contribution in [2.45, 2.75) is 0 Å². The van der Waals surface area contributed by atoms with Gasteiger partial charge in [-0.25, -0.2) is 0 Å². The van der Waals surface area contributed by atoms with Crippen molar-refractivity contribution >= 4 is 11.4 Å². The van der Waals surface area contributed by atoms with Crippen LogP contribution in [0, 0.1) is 10.1 Å². The number of aromatic hydroxyl groups is 2. The SMILES string of the molecule is O=c1[nH]ccc(-c2noc(-c3cc(O)c(O)c([N+](=O)[O-])c3)n2)c1N1CCOCC1. The molecule has 4 rings (SSSR count). The van der Waals surface area contributed by atoms with Crippen LogP contribution < -0.4 is 10.5 Å². The van der Waals surface area contributed by atoms with E-state index in [1.54, 1.807) is 6.07 Å². The molecule has 0 spiro atoms. The highest BCUT2D eigenvalue weighted by Gasteiger charge is 2.24. The molecule has 0 atom stereocenters. The zero-order valence-electron chi connectivity index (χ0n) is 14.9. The van der Waals surface area contributed by atoms with Crippen LogP contribution in [0.4, 0.5) is 11.4 Å². The average molecular weight is 401 g/mol. The molecule has 2 aromatic heterocycles. The second-order valence-corrected chi connectivity index (χ2v) is 6.21. The number of ether oxygens (including phenoxy) is 1. The maximum Gasteiger partial charge on any atom is 0.315 e. The van der Waals surface area contributed by atoms with Crippen molar-refractivity contribution in [1.82, 2.24) is 15.1 Å². The number of pyridine rings is 1. The molecule has 1 aliphatic heterocycles. The molecular weight excluding hydrogens is 386 g/mol. The van der Waals surface area contributed by atoms with Crippen LogP contribution >= 0.6 is 0 Å². The van der Waals surface area contributed by atoms with Crippen molar-refractivity contribution in [3.8, 4) is 34.3 Å². The number of phenolic OH excluding ortho intramolecular Hbond substituents is 2. The Kier molecular flexibility index (Phi) is 4.60. The molecule has 29 heavy (non-hydrogen) atoms. The lowest BCUT2D eigenvalue weighted by molar-refractivity contribution is -0.385. The fourth-order valence-corrected chi connectivity index (χ4v) is 3.07. The van der Waals surface area contributed by atoms with Crippen molar-refractivity contribution < 1.29 is 24.4 Å². The van der Waals surface area contributed by atoms with Gasteiger partial charge in [-0.05, 0) is 12.1 Å². The molecule has 12 nitrogen and oxygen atoms in total. The first-order valence-electron chi connectivity index (χ1n) is 8.55. The zero-order valence-corrected chi connectivity index (χ0v) is 14.9. The van der Waals surface area contributed by atoms with Crippen LogP contribution in [-0.4, -0.2) is 56.6 Å². The number of anilines is 1. The highest BCUT2D eigenvalue weighted by molar-refractivity contribution is 5.75. The van der Waals surface area contributed by atoms with E-state index in [1.807, 2.05) is 4.90 Å². The van der Waals surface area contributed by atoms with Crippen LogP contribution in [0.3, 0.4) is 0 Å². The van der Waals surface area contributed by atoms with E-state index in [0.717, 1.165) is 12.1 Å². The van der Waals surface area contributed by atoms with Crippen LogP contribution in [0.2, 0.25) is 0 Å². The van der Waals surface area contributed by atoms with E-state index < -0.39 is 22.1 Å². The van der Waals surface area contributed by atoms with E-state index in [4.69, 9.17) is 9.26 Å². The molecule has 150 valence electrons. The molecule has 0 saturated carbocycles. The minimum atomic E-state index is -0.859. The van der Waals surface area contributed by atoms with Gasteiger partial charge < -0.3 is 29.4 Å². The molecule has 1 aromatic carbocycles. The quantitative estimate of drug-likeness (QED) is 0.329. The van der Waals surface area contributed by atoms with Crippen LogP contribution in [0.5, 0.6) is 11.5 Å². The van der Waals surface area contributed by atoms with Crippen LogP contribution in [0.25, 0.3) is 22.8 Å². The Morgan fingerprint density at radius 2 is 2.00 bits per heavy atom. The maximum absolute atomic E-state index is 12.4. The van der Waals surface area contributed by atoms with Gasteiger partial charge in [-0.15, -0.1) is 0 Å². The number of hydrogen-bond acceptors (Lipinski definition) is 10. The summed E-state index contributed by atoms with van der Waals surface area (Å²) in [5, 5.41) is 34.3. The fourth-order valence-electron chi connectivity index (χ4n) is 3.07. The van der Waals surface area contributed by atoms with Gasteiger partial charge >= 0.3 is 5.69 Å². The third-order valence-electron chi connectivity index (χ3n) is 4.44. The second kappa shape index (κ2) is 7.24. The van der Waals surface area contributed by atoms with Crippen LogP contribution in [-0.2, 0) is 4.74 Å². The Bertz CT molecular complexity index is 1130. The van der Waals surface area contributed by atoms with E-state index in [2.05, 4.69) is 15.1 Å². The summed E-state index contributed by atoms with van der Waals surface area (Å²) in [6, 6.07) is 3.70. The number of nitrogens with zero attached hydrogens (tertiary/aromatic N) is 4. The molecule has 12 heteroatoms. The highest BCUT2D eigenvalue weighted by atomic mass is 16.6. The third kappa shape index (κ3) is 3.36. The largest absolute Gasteiger partial charge is 0.504 e. The Hall–Kier alpha value is -3.93. The second-order valence-electron chi connectivity index (χ2n) is 6.21. The summed E-state index contributed by atoms with van der Waals surface area (Å²) in [6.45, 7) is 1.98. The summed E-state index contributed by atoms with van der Waals surface area (Å²) in [4.78, 5) is 31.3. The Morgan fingerprint density at radius 3 is 2.72 bits per heavy atom. The van der Waals surface area contributed by atoms with Gasteiger partial charge in [0, 0.05) is 25.4 Å². The number of H-pyrrole nitrogens is 1. The van der Waals surface area contributed by atoms with Gasteiger partial charge in [-0.2, -0.15) is 4.98 Å². The Morgan fingerprint density at radius 1 is 1.24 bits per heavy atom. The lowest BCUT2D eigenvalue weighted by Crippen LogP contribution is -2.39. The smallest absolute Gasteiger partial charge is 0.315 e. The number of hydrogen-bond donors (Lipinski definition) is 3. The van der Waals surface area contributed by atoms with Crippen LogP contribution in [0.1, 0.15) is 0 Å². The number of nitrogens with one attached hydrogen (secondary N) is 1. The number of rotatable bonds is 4. The van der Waals surface area contributed by atoms with Gasteiger partial charge in [-0.1, -0.05) is 5.16 Å². The maximum atomic E-state index is 12.4. The van der Waals surface area contributed by atoms with E-state index in [-0.39, 0.29) is 22.8 Å². The molecule has 0 radical (unpaired) electrons. The molecule has 0 unspecified atom stereocenters. The lowest BCUT2D eigenvalue weighted by atomic mass is 10.1. The molecule has 1 aliphatic rings. The number of morpholine rings is 1. The van der Waals surface area contributed by atoms with Crippen molar-refractivity contribution in [3.05, 3.63) is 44.9 Å². The fraction of sp³-hybridized carbons (Fsp3) is 0.235. The first-order valence-corrected chi connectivity index (χ1v) is 8.55. The van der Waals surface area contributed by atoms with Gasteiger partial charge in [0.1, 0.15) is 5.69 Å². The van der Waals surface area contributed by atoms with Gasteiger partial charge in [0.05, 0.1) is 29.3 Å². The third-order valence-corrected chi connectivity index (χ3v) is 4.44. The van der Waals surface area contributed by atoms with Crippen molar-refractivity contribution in [1.29, 1.82) is 0 Å². The number of benzene rings is 1. The molecule has 1 fully saturated rings. The van der Waals surface area contributed by atoms with Gasteiger partial charge in [0.2, 0.25) is 11.6 Å². The standard InChI is InChI=1S/C17H15N5O7/c23-12-8-9(7-11(14(12)24)22(26)27)17-19-15(20-29-17)10-1-2-18-16(25)13(10)21-3-5-28-6-4-21/h1-2,7-8,23-24H,3-6H2,(H,18,25). The van der Waals surface area contributed by atoms with Crippen molar-refractivity contribution in [2.24, 2.45) is 0 Å². The molecule has 0 aliphatic carbocycles. The van der Waals surface area contributed by atoms with Crippen molar-refractivity contribution in [3.63, 3.8) is 0 Å². The number of nitro groups is 1. The van der Waals surface area contributed by atoms with Gasteiger partial charge in [-0.3, -0.25) is 14.9 Å². The van der Waals surface area contributed by atoms with E-state index in [9.17, 15) is 25.1 Å². The first-order chi connectivity index (χ1) is 14.0. The Labute approximate surface area is 162 Å². The van der Waals surface area contributed by atoms with E-state index >= 15 is 0 Å². The summed E-state index contributed by atoms with van der Waals surface area (Å²) in [7, 11) is 0. The molecule has 0 bridgehead atoms. The molecule has 3 aromatic rings. The minimum absolute atomic E-state index is 0.0449. The predicted molar refractivity (Wildman–Crippen MR) is 98.8 cm³/mol. The monoisotopic (exact) mass is 401 g/mol. The topological polar surface area (TPSA) is 168 Å². The average Bonchev–Trinajstić information content (AvgIpc) is 3.20. The predicted octanol–water partition coefficient (Wildman–Crippen LogP) is 1.25. The van der Waals surface area contributed by atoms with Gasteiger partial charge in [0.15, 0.2) is 5.75 Å². The number of aromatic nitrogens is 3. The summed E-state index contributed by atoms with van der Waals surface area (Å²) >= 11 is 0. The summed E-state index contributed by atoms with van der Waals surface area (Å²) in [5.74, 6) is -1.57. The lowest BCUT2D eigenvalue weighted by Gasteiger charge is -2.29. The normalized spacial score (nSPS) is 14.1. The molecular formula is C17H15N5O7. The number of aromatic amines is 1. The molecule has 0 amide bonds. The van der Waals surface area contributed by atoms with Crippen LogP contribution in [0.15, 0.2) is 33.7 Å². The number of phenols is 2. The zero-order chi connectivity index (χ0) is 20.5. The van der Waals surface area contributed by atoms with Gasteiger partial charge in [0.25, 0.3) is 11.4 Å². The summed E-state index contributed by atoms with van der Waals surface area (Å²) in [6.07, 6.45) is 1.45. The minimum Gasteiger partial charge on any atom is -0.504 e. The summed E-state index contributed by atoms with van der Waals surface area (Å²) < 4.78 is 10.5. The molecule has 3 N–H and O–H groups in total. The molecule has 1 saturated heterocycles. The van der Waals surface area contributed by atoms with E-state index in [1.165, 1.54) is 6.20 Å². The molecule has 3 heterocycles. The summed E-state index contributed by atoms with van der Waals surface area (Å²) in [5.41, 5.74) is -0.201. The van der Waals surface area contributed by atoms with Crippen molar-refractivity contribution in [2.75, 3.05) is 31.2 Å². The first kappa shape index (κ1) is 18.4. The Balaban J connectivity index is 1.77.